The fourth-order valence-electron chi connectivity index (χ4n) is 3.65. The molecule has 1 saturated heterocycles. The molecule has 6 heteroatoms. The Morgan fingerprint density at radius 3 is 2.64 bits per heavy atom. The summed E-state index contributed by atoms with van der Waals surface area (Å²) in [7, 11) is 0. The highest BCUT2D eigenvalue weighted by atomic mass is 32.1. The SMILES string of the molecule is Cc1ccc(C(=O)NCCN2CCN(c3nc4ccccc4s3)CC2)c(C)c1. The van der Waals surface area contributed by atoms with Crippen molar-refractivity contribution in [2.75, 3.05) is 44.2 Å². The molecule has 4 rings (SSSR count). The van der Waals surface area contributed by atoms with Gasteiger partial charge in [-0.1, -0.05) is 41.2 Å². The monoisotopic (exact) mass is 394 g/mol. The number of hydrogen-bond donors (Lipinski definition) is 1. The van der Waals surface area contributed by atoms with Crippen molar-refractivity contribution in [2.45, 2.75) is 13.8 Å². The summed E-state index contributed by atoms with van der Waals surface area (Å²) in [5.41, 5.74) is 4.06. The lowest BCUT2D eigenvalue weighted by Gasteiger charge is -2.34. The van der Waals surface area contributed by atoms with Gasteiger partial charge in [-0.25, -0.2) is 4.98 Å². The molecule has 146 valence electrons. The van der Waals surface area contributed by atoms with Gasteiger partial charge in [-0.15, -0.1) is 0 Å². The fraction of sp³-hybridized carbons (Fsp3) is 0.364. The van der Waals surface area contributed by atoms with Gasteiger partial charge in [-0.05, 0) is 37.6 Å². The molecule has 0 aliphatic carbocycles. The molecule has 0 saturated carbocycles. The molecule has 1 aromatic heterocycles. The summed E-state index contributed by atoms with van der Waals surface area (Å²) in [6, 6.07) is 14.3. The lowest BCUT2D eigenvalue weighted by molar-refractivity contribution is 0.0947. The summed E-state index contributed by atoms with van der Waals surface area (Å²) < 4.78 is 1.24. The highest BCUT2D eigenvalue weighted by molar-refractivity contribution is 7.22. The van der Waals surface area contributed by atoms with Crippen LogP contribution in [0.1, 0.15) is 21.5 Å². The first-order valence-electron chi connectivity index (χ1n) is 9.78. The number of thiazole rings is 1. The van der Waals surface area contributed by atoms with Gasteiger partial charge in [0.15, 0.2) is 5.13 Å². The molecular formula is C22H26N4OS. The van der Waals surface area contributed by atoms with Crippen molar-refractivity contribution in [1.82, 2.24) is 15.2 Å². The van der Waals surface area contributed by atoms with Gasteiger partial charge < -0.3 is 10.2 Å². The van der Waals surface area contributed by atoms with Crippen LogP contribution < -0.4 is 10.2 Å². The molecule has 28 heavy (non-hydrogen) atoms. The van der Waals surface area contributed by atoms with Gasteiger partial charge in [-0.3, -0.25) is 9.69 Å². The third-order valence-electron chi connectivity index (χ3n) is 5.27. The molecule has 0 unspecified atom stereocenters. The standard InChI is InChI=1S/C22H26N4OS/c1-16-7-8-18(17(2)15-16)21(27)23-9-10-25-11-13-26(14-12-25)22-24-19-5-3-4-6-20(19)28-22/h3-8,15H,9-14H2,1-2H3,(H,23,27). The van der Waals surface area contributed by atoms with Crippen LogP contribution in [0.5, 0.6) is 0 Å². The molecule has 1 amide bonds. The molecule has 5 nitrogen and oxygen atoms in total. The Morgan fingerprint density at radius 1 is 1.11 bits per heavy atom. The number of nitrogens with zero attached hydrogens (tertiary/aromatic N) is 3. The number of piperazine rings is 1. The van der Waals surface area contributed by atoms with E-state index in [4.69, 9.17) is 4.98 Å². The second kappa shape index (κ2) is 8.29. The number of aryl methyl sites for hydroxylation is 2. The number of benzene rings is 2. The summed E-state index contributed by atoms with van der Waals surface area (Å²) in [5, 5.41) is 4.18. The predicted molar refractivity (Wildman–Crippen MR) is 117 cm³/mol. The Labute approximate surface area is 170 Å². The van der Waals surface area contributed by atoms with Crippen molar-refractivity contribution >= 4 is 32.6 Å². The molecule has 0 bridgehead atoms. The van der Waals surface area contributed by atoms with Crippen molar-refractivity contribution in [2.24, 2.45) is 0 Å². The predicted octanol–water partition coefficient (Wildman–Crippen LogP) is 3.47. The van der Waals surface area contributed by atoms with Gasteiger partial charge in [0.2, 0.25) is 0 Å². The number of fused-ring (bicyclic) bond motifs is 1. The van der Waals surface area contributed by atoms with Gasteiger partial charge in [-0.2, -0.15) is 0 Å². The number of carbonyl (C=O) groups excluding carboxylic acids is 1. The van der Waals surface area contributed by atoms with Crippen LogP contribution in [0.25, 0.3) is 10.2 Å². The van der Waals surface area contributed by atoms with E-state index in [1.165, 1.54) is 10.3 Å². The van der Waals surface area contributed by atoms with Gasteiger partial charge in [0, 0.05) is 44.8 Å². The van der Waals surface area contributed by atoms with E-state index < -0.39 is 0 Å². The highest BCUT2D eigenvalue weighted by Gasteiger charge is 2.19. The molecule has 2 heterocycles. The molecule has 1 N–H and O–H groups in total. The van der Waals surface area contributed by atoms with Crippen LogP contribution in [0, 0.1) is 13.8 Å². The van der Waals surface area contributed by atoms with Crippen LogP contribution in [-0.4, -0.2) is 55.1 Å². The van der Waals surface area contributed by atoms with Crippen molar-refractivity contribution in [3.63, 3.8) is 0 Å². The molecule has 1 aliphatic heterocycles. The zero-order chi connectivity index (χ0) is 19.5. The van der Waals surface area contributed by atoms with E-state index in [0.29, 0.717) is 6.54 Å². The number of carbonyl (C=O) groups is 1. The minimum Gasteiger partial charge on any atom is -0.351 e. The second-order valence-corrected chi connectivity index (χ2v) is 8.38. The average molecular weight is 395 g/mol. The molecular weight excluding hydrogens is 368 g/mol. The third-order valence-corrected chi connectivity index (χ3v) is 6.36. The van der Waals surface area contributed by atoms with Gasteiger partial charge in [0.05, 0.1) is 10.2 Å². The number of rotatable bonds is 5. The van der Waals surface area contributed by atoms with Gasteiger partial charge in [0.1, 0.15) is 0 Å². The van der Waals surface area contributed by atoms with E-state index in [9.17, 15) is 4.79 Å². The summed E-state index contributed by atoms with van der Waals surface area (Å²) >= 11 is 1.77. The first kappa shape index (κ1) is 18.9. The van der Waals surface area contributed by atoms with Crippen molar-refractivity contribution in [3.05, 3.63) is 59.2 Å². The third kappa shape index (κ3) is 4.18. The maximum Gasteiger partial charge on any atom is 0.251 e. The molecule has 0 spiro atoms. The second-order valence-electron chi connectivity index (χ2n) is 7.37. The lowest BCUT2D eigenvalue weighted by Crippen LogP contribution is -2.48. The Balaban J connectivity index is 1.25. The van der Waals surface area contributed by atoms with Crippen LogP contribution >= 0.6 is 11.3 Å². The summed E-state index contributed by atoms with van der Waals surface area (Å²) in [4.78, 5) is 21.9. The van der Waals surface area contributed by atoms with Gasteiger partial charge >= 0.3 is 0 Å². The topological polar surface area (TPSA) is 48.5 Å². The van der Waals surface area contributed by atoms with Crippen LogP contribution in [0.3, 0.4) is 0 Å². The maximum absolute atomic E-state index is 12.4. The first-order chi connectivity index (χ1) is 13.6. The van der Waals surface area contributed by atoms with Crippen molar-refractivity contribution in [3.8, 4) is 0 Å². The maximum atomic E-state index is 12.4. The summed E-state index contributed by atoms with van der Waals surface area (Å²) in [6.07, 6.45) is 0. The quantitative estimate of drug-likeness (QED) is 0.720. The van der Waals surface area contributed by atoms with Crippen LogP contribution in [-0.2, 0) is 0 Å². The molecule has 3 aromatic rings. The number of hydrogen-bond acceptors (Lipinski definition) is 5. The van der Waals surface area contributed by atoms with Gasteiger partial charge in [0.25, 0.3) is 5.91 Å². The Hall–Kier alpha value is -2.44. The average Bonchev–Trinajstić information content (AvgIpc) is 3.12. The minimum absolute atomic E-state index is 0.0191. The number of amides is 1. The zero-order valence-corrected chi connectivity index (χ0v) is 17.3. The van der Waals surface area contributed by atoms with Crippen molar-refractivity contribution in [1.29, 1.82) is 0 Å². The molecule has 1 aliphatic rings. The van der Waals surface area contributed by atoms with Crippen LogP contribution in [0.4, 0.5) is 5.13 Å². The lowest BCUT2D eigenvalue weighted by atomic mass is 10.1. The van der Waals surface area contributed by atoms with Crippen LogP contribution in [0.15, 0.2) is 42.5 Å². The molecule has 2 aromatic carbocycles. The highest BCUT2D eigenvalue weighted by Crippen LogP contribution is 2.29. The fourth-order valence-corrected chi connectivity index (χ4v) is 4.67. The summed E-state index contributed by atoms with van der Waals surface area (Å²) in [6.45, 7) is 9.53. The smallest absolute Gasteiger partial charge is 0.251 e. The Bertz CT molecular complexity index is 943. The number of para-hydroxylation sites is 1. The molecule has 0 atom stereocenters. The first-order valence-corrected chi connectivity index (χ1v) is 10.6. The number of anilines is 1. The van der Waals surface area contributed by atoms with E-state index in [1.54, 1.807) is 11.3 Å². The normalized spacial score (nSPS) is 15.1. The minimum atomic E-state index is 0.0191. The summed E-state index contributed by atoms with van der Waals surface area (Å²) in [5.74, 6) is 0.0191. The molecule has 1 fully saturated rings. The van der Waals surface area contributed by atoms with Crippen LogP contribution in [0.2, 0.25) is 0 Å². The Kier molecular flexibility index (Phi) is 5.59. The van der Waals surface area contributed by atoms with Crippen molar-refractivity contribution < 1.29 is 4.79 Å². The number of nitrogens with one attached hydrogen (secondary N) is 1. The van der Waals surface area contributed by atoms with E-state index in [0.717, 1.165) is 54.5 Å². The van der Waals surface area contributed by atoms with E-state index in [-0.39, 0.29) is 5.91 Å². The Morgan fingerprint density at radius 2 is 1.89 bits per heavy atom. The molecule has 0 radical (unpaired) electrons. The number of aromatic nitrogens is 1. The van der Waals surface area contributed by atoms with E-state index in [1.807, 2.05) is 32.0 Å². The van der Waals surface area contributed by atoms with E-state index in [2.05, 4.69) is 39.4 Å². The van der Waals surface area contributed by atoms with E-state index >= 15 is 0 Å². The zero-order valence-electron chi connectivity index (χ0n) is 16.4. The largest absolute Gasteiger partial charge is 0.351 e.